The maximum absolute atomic E-state index is 12.2. The van der Waals surface area contributed by atoms with Gasteiger partial charge in [0.25, 0.3) is 0 Å². The molecule has 6 nitrogen and oxygen atoms in total. The second kappa shape index (κ2) is 11.9. The van der Waals surface area contributed by atoms with Gasteiger partial charge in [-0.15, -0.1) is 0 Å². The summed E-state index contributed by atoms with van der Waals surface area (Å²) < 4.78 is 5.03. The number of pyridine rings is 1. The fourth-order valence-corrected chi connectivity index (χ4v) is 3.02. The van der Waals surface area contributed by atoms with Crippen LogP contribution in [0.1, 0.15) is 55.5 Å². The Hall–Kier alpha value is -2.80. The molecule has 2 rings (SSSR count). The molecule has 1 heterocycles. The summed E-state index contributed by atoms with van der Waals surface area (Å²) in [5.41, 5.74) is 2.18. The van der Waals surface area contributed by atoms with Crippen molar-refractivity contribution in [3.8, 4) is 0 Å². The van der Waals surface area contributed by atoms with Gasteiger partial charge in [0.15, 0.2) is 5.11 Å². The van der Waals surface area contributed by atoms with Crippen LogP contribution in [0, 0.1) is 0 Å². The second-order valence-electron chi connectivity index (χ2n) is 6.53. The van der Waals surface area contributed by atoms with Crippen molar-refractivity contribution in [1.29, 1.82) is 0 Å². The molecule has 1 N–H and O–H groups in total. The minimum Gasteiger partial charge on any atom is -0.462 e. The molecule has 1 amide bonds. The number of thiocarbonyl (C=S) groups is 1. The zero-order valence-electron chi connectivity index (χ0n) is 16.9. The van der Waals surface area contributed by atoms with Gasteiger partial charge in [-0.1, -0.05) is 25.8 Å². The quantitative estimate of drug-likeness (QED) is 0.377. The molecule has 0 atom stereocenters. The van der Waals surface area contributed by atoms with Gasteiger partial charge in [0.2, 0.25) is 5.91 Å². The fraction of sp³-hybridized carbons (Fsp3) is 0.364. The summed E-state index contributed by atoms with van der Waals surface area (Å²) in [6.07, 6.45) is 6.80. The van der Waals surface area contributed by atoms with Crippen molar-refractivity contribution in [2.75, 3.05) is 11.5 Å². The molecular weight excluding hydrogens is 386 g/mol. The molecule has 0 spiro atoms. The Bertz CT molecular complexity index is 810. The third-order valence-electron chi connectivity index (χ3n) is 4.25. The third kappa shape index (κ3) is 7.27. The molecule has 0 saturated heterocycles. The lowest BCUT2D eigenvalue weighted by atomic mass is 10.2. The van der Waals surface area contributed by atoms with Crippen LogP contribution < -0.4 is 10.2 Å². The van der Waals surface area contributed by atoms with Crippen LogP contribution in [0.15, 0.2) is 48.8 Å². The Kier molecular flexibility index (Phi) is 9.24. The predicted molar refractivity (Wildman–Crippen MR) is 118 cm³/mol. The number of carbonyl (C=O) groups is 2. The van der Waals surface area contributed by atoms with Crippen molar-refractivity contribution in [2.24, 2.45) is 0 Å². The number of rotatable bonds is 9. The van der Waals surface area contributed by atoms with E-state index in [0.29, 0.717) is 30.2 Å². The molecular formula is C22H27N3O3S. The van der Waals surface area contributed by atoms with E-state index in [1.54, 1.807) is 43.6 Å². The molecule has 0 unspecified atom stereocenters. The average molecular weight is 414 g/mol. The van der Waals surface area contributed by atoms with E-state index < -0.39 is 0 Å². The van der Waals surface area contributed by atoms with Gasteiger partial charge >= 0.3 is 5.97 Å². The van der Waals surface area contributed by atoms with Crippen molar-refractivity contribution in [3.05, 3.63) is 59.9 Å². The number of hydrogen-bond donors (Lipinski definition) is 1. The number of amides is 1. The lowest BCUT2D eigenvalue weighted by Crippen LogP contribution is -2.42. The number of nitrogens with one attached hydrogen (secondary N) is 1. The second-order valence-corrected chi connectivity index (χ2v) is 6.91. The largest absolute Gasteiger partial charge is 0.462 e. The average Bonchev–Trinajstić information content (AvgIpc) is 2.73. The number of ether oxygens (including phenoxy) is 1. The molecule has 1 aromatic carbocycles. The summed E-state index contributed by atoms with van der Waals surface area (Å²) in [7, 11) is 0. The van der Waals surface area contributed by atoms with E-state index in [-0.39, 0.29) is 11.9 Å². The smallest absolute Gasteiger partial charge is 0.338 e. The molecule has 7 heteroatoms. The minimum absolute atomic E-state index is 0.0946. The Labute approximate surface area is 177 Å². The Morgan fingerprint density at radius 3 is 2.52 bits per heavy atom. The number of hydrogen-bond acceptors (Lipinski definition) is 5. The molecule has 0 saturated carbocycles. The standard InChI is InChI=1S/C22H27N3O3S/c1-3-5-6-9-20(26)24-22(29)25(16-17-8-7-14-23-15-17)19-12-10-18(11-13-19)21(27)28-4-2/h7-8,10-15H,3-6,9,16H2,1-2H3,(H,24,26,29). The van der Waals surface area contributed by atoms with Gasteiger partial charge in [0.1, 0.15) is 0 Å². The summed E-state index contributed by atoms with van der Waals surface area (Å²) in [5.74, 6) is -0.465. The van der Waals surface area contributed by atoms with E-state index in [4.69, 9.17) is 17.0 Å². The highest BCUT2D eigenvalue weighted by atomic mass is 32.1. The summed E-state index contributed by atoms with van der Waals surface area (Å²) >= 11 is 5.52. The van der Waals surface area contributed by atoms with Gasteiger partial charge < -0.3 is 15.0 Å². The van der Waals surface area contributed by atoms with Gasteiger partial charge in [-0.05, 0) is 61.5 Å². The highest BCUT2D eigenvalue weighted by molar-refractivity contribution is 7.80. The fourth-order valence-electron chi connectivity index (χ4n) is 2.73. The third-order valence-corrected chi connectivity index (χ3v) is 4.57. The number of anilines is 1. The Morgan fingerprint density at radius 1 is 1.14 bits per heavy atom. The van der Waals surface area contributed by atoms with Crippen LogP contribution in [0.3, 0.4) is 0 Å². The monoisotopic (exact) mass is 413 g/mol. The molecule has 0 aliphatic rings. The van der Waals surface area contributed by atoms with Crippen LogP contribution in [0.25, 0.3) is 0 Å². The first-order chi connectivity index (χ1) is 14.0. The lowest BCUT2D eigenvalue weighted by Gasteiger charge is -2.25. The normalized spacial score (nSPS) is 10.3. The molecule has 0 fully saturated rings. The molecule has 0 radical (unpaired) electrons. The van der Waals surface area contributed by atoms with Gasteiger partial charge in [-0.3, -0.25) is 9.78 Å². The Balaban J connectivity index is 2.17. The molecule has 29 heavy (non-hydrogen) atoms. The van der Waals surface area contributed by atoms with E-state index in [2.05, 4.69) is 17.2 Å². The number of nitrogens with zero attached hydrogens (tertiary/aromatic N) is 2. The van der Waals surface area contributed by atoms with E-state index in [1.807, 2.05) is 17.0 Å². The first-order valence-electron chi connectivity index (χ1n) is 9.82. The summed E-state index contributed by atoms with van der Waals surface area (Å²) in [6, 6.07) is 10.8. The van der Waals surface area contributed by atoms with Crippen molar-refractivity contribution in [3.63, 3.8) is 0 Å². The highest BCUT2D eigenvalue weighted by Gasteiger charge is 2.16. The van der Waals surface area contributed by atoms with E-state index in [9.17, 15) is 9.59 Å². The summed E-state index contributed by atoms with van der Waals surface area (Å²) in [4.78, 5) is 30.1. The first kappa shape index (κ1) is 22.5. The van der Waals surface area contributed by atoms with Crippen molar-refractivity contribution < 1.29 is 14.3 Å². The number of esters is 1. The summed E-state index contributed by atoms with van der Waals surface area (Å²) in [6.45, 7) is 4.63. The van der Waals surface area contributed by atoms with Crippen LogP contribution in [-0.4, -0.2) is 28.6 Å². The van der Waals surface area contributed by atoms with E-state index >= 15 is 0 Å². The molecule has 1 aromatic heterocycles. The molecule has 0 aliphatic heterocycles. The molecule has 154 valence electrons. The van der Waals surface area contributed by atoms with Gasteiger partial charge in [0, 0.05) is 24.5 Å². The number of carbonyl (C=O) groups excluding carboxylic acids is 2. The lowest BCUT2D eigenvalue weighted by molar-refractivity contribution is -0.119. The zero-order chi connectivity index (χ0) is 21.1. The topological polar surface area (TPSA) is 71.5 Å². The van der Waals surface area contributed by atoms with E-state index in [0.717, 1.165) is 30.5 Å². The zero-order valence-corrected chi connectivity index (χ0v) is 17.7. The van der Waals surface area contributed by atoms with Crippen molar-refractivity contribution in [1.82, 2.24) is 10.3 Å². The van der Waals surface area contributed by atoms with Crippen molar-refractivity contribution >= 4 is 34.9 Å². The predicted octanol–water partition coefficient (Wildman–Crippen LogP) is 4.25. The van der Waals surface area contributed by atoms with Crippen LogP contribution in [-0.2, 0) is 16.1 Å². The highest BCUT2D eigenvalue weighted by Crippen LogP contribution is 2.19. The first-order valence-corrected chi connectivity index (χ1v) is 10.2. The molecule has 0 bridgehead atoms. The van der Waals surface area contributed by atoms with Gasteiger partial charge in [-0.2, -0.15) is 0 Å². The maximum atomic E-state index is 12.2. The van der Waals surface area contributed by atoms with Crippen molar-refractivity contribution in [2.45, 2.75) is 46.1 Å². The van der Waals surface area contributed by atoms with Crippen LogP contribution >= 0.6 is 12.2 Å². The summed E-state index contributed by atoms with van der Waals surface area (Å²) in [5, 5.41) is 3.14. The number of aromatic nitrogens is 1. The van der Waals surface area contributed by atoms with Crippen LogP contribution in [0.4, 0.5) is 5.69 Å². The maximum Gasteiger partial charge on any atom is 0.338 e. The van der Waals surface area contributed by atoms with E-state index in [1.165, 1.54) is 0 Å². The minimum atomic E-state index is -0.371. The number of benzene rings is 1. The molecule has 0 aliphatic carbocycles. The molecule has 2 aromatic rings. The van der Waals surface area contributed by atoms with Crippen LogP contribution in [0.2, 0.25) is 0 Å². The SMILES string of the molecule is CCCCCC(=O)NC(=S)N(Cc1cccnc1)c1ccc(C(=O)OCC)cc1. The Morgan fingerprint density at radius 2 is 1.90 bits per heavy atom. The van der Waals surface area contributed by atoms with Gasteiger partial charge in [0.05, 0.1) is 18.7 Å². The van der Waals surface area contributed by atoms with Gasteiger partial charge in [-0.25, -0.2) is 4.79 Å². The number of unbranched alkanes of at least 4 members (excludes halogenated alkanes) is 2. The van der Waals surface area contributed by atoms with Crippen LogP contribution in [0.5, 0.6) is 0 Å².